The second-order valence-corrected chi connectivity index (χ2v) is 5.64. The third-order valence-corrected chi connectivity index (χ3v) is 3.98. The molecule has 2 rings (SSSR count). The van der Waals surface area contributed by atoms with Crippen molar-refractivity contribution in [3.8, 4) is 0 Å². The molecule has 3 nitrogen and oxygen atoms in total. The molecule has 1 aromatic rings. The molecule has 0 aromatic heterocycles. The highest BCUT2D eigenvalue weighted by Gasteiger charge is 2.21. The van der Waals surface area contributed by atoms with Crippen LogP contribution in [0.2, 0.25) is 0 Å². The Balaban J connectivity index is 0.00000200. The van der Waals surface area contributed by atoms with Crippen molar-refractivity contribution in [1.29, 1.82) is 0 Å². The third kappa shape index (κ3) is 4.45. The van der Waals surface area contributed by atoms with Gasteiger partial charge in [0.05, 0.1) is 0 Å². The first-order valence-electron chi connectivity index (χ1n) is 7.38. The Labute approximate surface area is 128 Å². The molecule has 114 valence electrons. The number of nitrogens with zero attached hydrogens (tertiary/aromatic N) is 1. The van der Waals surface area contributed by atoms with Crippen LogP contribution in [0.5, 0.6) is 0 Å². The first kappa shape index (κ1) is 17.4. The van der Waals surface area contributed by atoms with Gasteiger partial charge in [-0.1, -0.05) is 38.1 Å². The van der Waals surface area contributed by atoms with Crippen molar-refractivity contribution >= 4 is 12.4 Å². The summed E-state index contributed by atoms with van der Waals surface area (Å²) in [5.74, 6) is 0.574. The number of aliphatic hydroxyl groups is 1. The van der Waals surface area contributed by atoms with Gasteiger partial charge >= 0.3 is 0 Å². The second kappa shape index (κ2) is 8.63. The Morgan fingerprint density at radius 3 is 2.15 bits per heavy atom. The fraction of sp³-hybridized carbons (Fsp3) is 0.625. The lowest BCUT2D eigenvalue weighted by Crippen LogP contribution is -2.45. The molecule has 1 heterocycles. The molecule has 1 atom stereocenters. The van der Waals surface area contributed by atoms with E-state index < -0.39 is 0 Å². The fourth-order valence-corrected chi connectivity index (χ4v) is 2.78. The summed E-state index contributed by atoms with van der Waals surface area (Å²) in [4.78, 5) is 2.48. The van der Waals surface area contributed by atoms with E-state index in [2.05, 4.69) is 48.3 Å². The fourth-order valence-electron chi connectivity index (χ4n) is 2.78. The lowest BCUT2D eigenvalue weighted by molar-refractivity contribution is 0.141. The van der Waals surface area contributed by atoms with Crippen LogP contribution in [0.1, 0.15) is 43.4 Å². The molecule has 2 N–H and O–H groups in total. The molecule has 1 fully saturated rings. The molecule has 1 aliphatic heterocycles. The molecule has 0 saturated carbocycles. The van der Waals surface area contributed by atoms with Crippen LogP contribution in [0.3, 0.4) is 0 Å². The summed E-state index contributed by atoms with van der Waals surface area (Å²) < 4.78 is 0. The number of nitrogens with one attached hydrogen (secondary N) is 1. The van der Waals surface area contributed by atoms with Gasteiger partial charge in [0.1, 0.15) is 0 Å². The Hall–Kier alpha value is -0.610. The van der Waals surface area contributed by atoms with Gasteiger partial charge in [-0.3, -0.25) is 4.90 Å². The largest absolute Gasteiger partial charge is 0.396 e. The first-order valence-corrected chi connectivity index (χ1v) is 7.38. The number of rotatable bonds is 5. The van der Waals surface area contributed by atoms with E-state index in [1.165, 1.54) is 11.1 Å². The molecule has 1 aliphatic rings. The number of piperazine rings is 1. The number of hydrogen-bond donors (Lipinski definition) is 2. The highest BCUT2D eigenvalue weighted by molar-refractivity contribution is 5.85. The number of aliphatic hydroxyl groups excluding tert-OH is 1. The van der Waals surface area contributed by atoms with Gasteiger partial charge in [0.25, 0.3) is 0 Å². The van der Waals surface area contributed by atoms with Gasteiger partial charge in [-0.05, 0) is 23.5 Å². The maximum Gasteiger partial charge on any atom is 0.0449 e. The van der Waals surface area contributed by atoms with Gasteiger partial charge in [-0.2, -0.15) is 0 Å². The van der Waals surface area contributed by atoms with Crippen molar-refractivity contribution in [2.45, 2.75) is 32.2 Å². The quantitative estimate of drug-likeness (QED) is 0.877. The van der Waals surface area contributed by atoms with E-state index in [4.69, 9.17) is 0 Å². The van der Waals surface area contributed by atoms with Crippen molar-refractivity contribution in [3.05, 3.63) is 35.4 Å². The lowest BCUT2D eigenvalue weighted by atomic mass is 9.96. The van der Waals surface area contributed by atoms with Crippen LogP contribution >= 0.6 is 12.4 Å². The van der Waals surface area contributed by atoms with Crippen LogP contribution in [0.15, 0.2) is 24.3 Å². The van der Waals surface area contributed by atoms with E-state index in [0.717, 1.165) is 32.6 Å². The summed E-state index contributed by atoms with van der Waals surface area (Å²) in [7, 11) is 0. The first-order chi connectivity index (χ1) is 9.22. The molecule has 0 amide bonds. The molecule has 1 aromatic carbocycles. The van der Waals surface area contributed by atoms with Gasteiger partial charge in [-0.25, -0.2) is 0 Å². The van der Waals surface area contributed by atoms with Gasteiger partial charge in [0.2, 0.25) is 0 Å². The SMILES string of the molecule is CC(C)c1ccc([C@H](CCO)N2CCNCC2)cc1.Cl. The van der Waals surface area contributed by atoms with E-state index in [0.29, 0.717) is 12.0 Å². The Kier molecular flexibility index (Phi) is 7.52. The molecule has 0 bridgehead atoms. The van der Waals surface area contributed by atoms with Gasteiger partial charge in [0, 0.05) is 38.8 Å². The summed E-state index contributed by atoms with van der Waals surface area (Å²) in [5.41, 5.74) is 2.71. The number of halogens is 1. The highest BCUT2D eigenvalue weighted by Crippen LogP contribution is 2.26. The molecule has 4 heteroatoms. The average molecular weight is 299 g/mol. The van der Waals surface area contributed by atoms with E-state index in [1.54, 1.807) is 0 Å². The number of benzene rings is 1. The van der Waals surface area contributed by atoms with E-state index >= 15 is 0 Å². The zero-order chi connectivity index (χ0) is 13.7. The molecule has 20 heavy (non-hydrogen) atoms. The monoisotopic (exact) mass is 298 g/mol. The van der Waals surface area contributed by atoms with Crippen molar-refractivity contribution in [2.24, 2.45) is 0 Å². The Bertz CT molecular complexity index is 375. The summed E-state index contributed by atoms with van der Waals surface area (Å²) in [5, 5.41) is 12.7. The lowest BCUT2D eigenvalue weighted by Gasteiger charge is -2.35. The van der Waals surface area contributed by atoms with Crippen LogP contribution in [-0.2, 0) is 0 Å². The topological polar surface area (TPSA) is 35.5 Å². The van der Waals surface area contributed by atoms with Crippen molar-refractivity contribution in [3.63, 3.8) is 0 Å². The predicted molar refractivity (Wildman–Crippen MR) is 86.7 cm³/mol. The highest BCUT2D eigenvalue weighted by atomic mass is 35.5. The van der Waals surface area contributed by atoms with Crippen molar-refractivity contribution < 1.29 is 5.11 Å². The Morgan fingerprint density at radius 2 is 1.65 bits per heavy atom. The van der Waals surface area contributed by atoms with E-state index in [9.17, 15) is 5.11 Å². The van der Waals surface area contributed by atoms with Crippen LogP contribution in [0.25, 0.3) is 0 Å². The minimum Gasteiger partial charge on any atom is -0.396 e. The maximum atomic E-state index is 9.33. The summed E-state index contributed by atoms with van der Waals surface area (Å²) >= 11 is 0. The van der Waals surface area contributed by atoms with E-state index in [1.807, 2.05) is 0 Å². The average Bonchev–Trinajstić information content (AvgIpc) is 2.46. The minimum atomic E-state index is 0. The van der Waals surface area contributed by atoms with Crippen LogP contribution in [0.4, 0.5) is 0 Å². The standard InChI is InChI=1S/C16H26N2O.ClH/c1-13(2)14-3-5-15(6-4-14)16(7-12-19)18-10-8-17-9-11-18;/h3-6,13,16-17,19H,7-12H2,1-2H3;1H/t16-;/m0./s1. The van der Waals surface area contributed by atoms with Gasteiger partial charge in [0.15, 0.2) is 0 Å². The molecular formula is C16H27ClN2O. The van der Waals surface area contributed by atoms with Crippen molar-refractivity contribution in [2.75, 3.05) is 32.8 Å². The zero-order valence-corrected chi connectivity index (χ0v) is 13.3. The summed E-state index contributed by atoms with van der Waals surface area (Å²) in [6, 6.07) is 9.28. The van der Waals surface area contributed by atoms with Gasteiger partial charge < -0.3 is 10.4 Å². The minimum absolute atomic E-state index is 0. The summed E-state index contributed by atoms with van der Waals surface area (Å²) in [6.07, 6.45) is 0.820. The third-order valence-electron chi connectivity index (χ3n) is 3.98. The summed E-state index contributed by atoms with van der Waals surface area (Å²) in [6.45, 7) is 8.92. The molecule has 0 spiro atoms. The number of hydrogen-bond acceptors (Lipinski definition) is 3. The molecule has 1 saturated heterocycles. The Morgan fingerprint density at radius 1 is 1.10 bits per heavy atom. The molecular weight excluding hydrogens is 272 g/mol. The van der Waals surface area contributed by atoms with Crippen LogP contribution in [-0.4, -0.2) is 42.8 Å². The van der Waals surface area contributed by atoms with Crippen molar-refractivity contribution in [1.82, 2.24) is 10.2 Å². The van der Waals surface area contributed by atoms with Crippen LogP contribution in [0, 0.1) is 0 Å². The maximum absolute atomic E-state index is 9.33. The van der Waals surface area contributed by atoms with Crippen LogP contribution < -0.4 is 5.32 Å². The smallest absolute Gasteiger partial charge is 0.0449 e. The normalized spacial score (nSPS) is 17.8. The predicted octanol–water partition coefficient (Wildman–Crippen LogP) is 2.56. The molecule has 0 radical (unpaired) electrons. The molecule has 0 unspecified atom stereocenters. The molecule has 0 aliphatic carbocycles. The van der Waals surface area contributed by atoms with E-state index in [-0.39, 0.29) is 19.0 Å². The van der Waals surface area contributed by atoms with Gasteiger partial charge in [-0.15, -0.1) is 12.4 Å². The second-order valence-electron chi connectivity index (χ2n) is 5.64. The zero-order valence-electron chi connectivity index (χ0n) is 12.5.